The first kappa shape index (κ1) is 20.0. The maximum Gasteiger partial charge on any atom is 0.0384 e. The Morgan fingerprint density at radius 2 is 1.42 bits per heavy atom. The van der Waals surface area contributed by atoms with E-state index in [1.807, 2.05) is 11.3 Å². The molecule has 0 saturated heterocycles. The van der Waals surface area contributed by atoms with E-state index in [1.54, 1.807) is 0 Å². The van der Waals surface area contributed by atoms with Crippen LogP contribution in [0.1, 0.15) is 18.4 Å². The molecule has 1 aliphatic rings. The predicted octanol–water partition coefficient (Wildman–Crippen LogP) is 9.01. The lowest BCUT2D eigenvalue weighted by molar-refractivity contribution is 0.632. The summed E-state index contributed by atoms with van der Waals surface area (Å²) >= 11 is 1.88. The standard InChI is InChI=1S/C31H25NS/c1-21-11-15-26(32-25-16-12-23(13-17-25)22-7-3-2-4-8-22)20-28(21)24-14-18-31-29(19-24)27-9-5-6-10-30(27)33-31/h2-21,28,32H,1H3. The van der Waals surface area contributed by atoms with Crippen LogP contribution in [0.5, 0.6) is 0 Å². The quantitative estimate of drug-likeness (QED) is 0.292. The third kappa shape index (κ3) is 3.88. The van der Waals surface area contributed by atoms with Crippen molar-refractivity contribution in [2.75, 3.05) is 5.32 Å². The minimum atomic E-state index is 0.351. The zero-order valence-electron chi connectivity index (χ0n) is 18.5. The van der Waals surface area contributed by atoms with E-state index in [0.29, 0.717) is 11.8 Å². The summed E-state index contributed by atoms with van der Waals surface area (Å²) in [6, 6.07) is 34.9. The smallest absolute Gasteiger partial charge is 0.0384 e. The molecule has 6 rings (SSSR count). The number of fused-ring (bicyclic) bond motifs is 3. The van der Waals surface area contributed by atoms with E-state index in [0.717, 1.165) is 11.4 Å². The Morgan fingerprint density at radius 1 is 0.697 bits per heavy atom. The van der Waals surface area contributed by atoms with Crippen molar-refractivity contribution >= 4 is 37.2 Å². The molecule has 2 atom stereocenters. The molecular weight excluding hydrogens is 418 g/mol. The molecule has 0 fully saturated rings. The van der Waals surface area contributed by atoms with Crippen molar-refractivity contribution in [1.82, 2.24) is 0 Å². The van der Waals surface area contributed by atoms with Crippen molar-refractivity contribution < 1.29 is 0 Å². The second-order valence-electron chi connectivity index (χ2n) is 8.79. The molecular formula is C31H25NS. The topological polar surface area (TPSA) is 12.0 Å². The van der Waals surface area contributed by atoms with E-state index < -0.39 is 0 Å². The Kier molecular flexibility index (Phi) is 5.09. The molecule has 0 spiro atoms. The molecule has 2 unspecified atom stereocenters. The molecule has 160 valence electrons. The van der Waals surface area contributed by atoms with Gasteiger partial charge < -0.3 is 5.32 Å². The van der Waals surface area contributed by atoms with Crippen LogP contribution in [0, 0.1) is 5.92 Å². The molecule has 5 aromatic rings. The van der Waals surface area contributed by atoms with Crippen LogP contribution in [0.25, 0.3) is 31.3 Å². The van der Waals surface area contributed by atoms with Gasteiger partial charge in [0.15, 0.2) is 0 Å². The maximum atomic E-state index is 3.62. The second kappa shape index (κ2) is 8.38. The molecule has 0 bridgehead atoms. The Labute approximate surface area is 198 Å². The summed E-state index contributed by atoms with van der Waals surface area (Å²) in [6.07, 6.45) is 6.91. The second-order valence-corrected chi connectivity index (χ2v) is 9.87. The summed E-state index contributed by atoms with van der Waals surface area (Å²) < 4.78 is 2.72. The highest BCUT2D eigenvalue weighted by Crippen LogP contribution is 2.38. The highest BCUT2D eigenvalue weighted by molar-refractivity contribution is 7.25. The van der Waals surface area contributed by atoms with Crippen molar-refractivity contribution in [3.63, 3.8) is 0 Å². The van der Waals surface area contributed by atoms with E-state index >= 15 is 0 Å². The Balaban J connectivity index is 1.28. The summed E-state index contributed by atoms with van der Waals surface area (Å²) in [5, 5.41) is 6.35. The van der Waals surface area contributed by atoms with Crippen LogP contribution in [-0.4, -0.2) is 0 Å². The van der Waals surface area contributed by atoms with Crippen LogP contribution >= 0.6 is 11.3 Å². The zero-order chi connectivity index (χ0) is 22.2. The fourth-order valence-corrected chi connectivity index (χ4v) is 5.84. The van der Waals surface area contributed by atoms with Gasteiger partial charge in [-0.15, -0.1) is 11.3 Å². The molecule has 2 heteroatoms. The Morgan fingerprint density at radius 3 is 2.27 bits per heavy atom. The highest BCUT2D eigenvalue weighted by atomic mass is 32.1. The number of benzene rings is 4. The number of nitrogens with one attached hydrogen (secondary N) is 1. The lowest BCUT2D eigenvalue weighted by atomic mass is 9.83. The minimum absolute atomic E-state index is 0.351. The molecule has 33 heavy (non-hydrogen) atoms. The maximum absolute atomic E-state index is 3.62. The van der Waals surface area contributed by atoms with E-state index in [1.165, 1.54) is 36.9 Å². The SMILES string of the molecule is CC1C=CC(Nc2ccc(-c3ccccc3)cc2)=CC1c1ccc2sc3ccccc3c2c1. The van der Waals surface area contributed by atoms with E-state index in [2.05, 4.69) is 128 Å². The molecule has 0 saturated carbocycles. The summed E-state index contributed by atoms with van der Waals surface area (Å²) in [6.45, 7) is 2.30. The van der Waals surface area contributed by atoms with Gasteiger partial charge in [-0.2, -0.15) is 0 Å². The number of rotatable bonds is 4. The lowest BCUT2D eigenvalue weighted by Crippen LogP contribution is -2.12. The molecule has 0 radical (unpaired) electrons. The van der Waals surface area contributed by atoms with Gasteiger partial charge in [-0.1, -0.05) is 85.8 Å². The van der Waals surface area contributed by atoms with Gasteiger partial charge in [-0.05, 0) is 59.0 Å². The minimum Gasteiger partial charge on any atom is -0.356 e. The van der Waals surface area contributed by atoms with Gasteiger partial charge in [0.05, 0.1) is 0 Å². The van der Waals surface area contributed by atoms with Gasteiger partial charge in [0.1, 0.15) is 0 Å². The van der Waals surface area contributed by atoms with Gasteiger partial charge in [0.2, 0.25) is 0 Å². The van der Waals surface area contributed by atoms with Crippen LogP contribution in [-0.2, 0) is 0 Å². The lowest BCUT2D eigenvalue weighted by Gasteiger charge is -2.24. The first-order valence-corrected chi connectivity index (χ1v) is 12.3. The number of hydrogen-bond donors (Lipinski definition) is 1. The average Bonchev–Trinajstić information content (AvgIpc) is 3.24. The molecule has 1 aromatic heterocycles. The van der Waals surface area contributed by atoms with Crippen molar-refractivity contribution in [1.29, 1.82) is 0 Å². The Bertz CT molecular complexity index is 1490. The zero-order valence-corrected chi connectivity index (χ0v) is 19.3. The van der Waals surface area contributed by atoms with Gasteiger partial charge in [-0.25, -0.2) is 0 Å². The number of thiophene rings is 1. The first-order valence-electron chi connectivity index (χ1n) is 11.5. The number of anilines is 1. The first-order chi connectivity index (χ1) is 16.2. The van der Waals surface area contributed by atoms with E-state index in [4.69, 9.17) is 0 Å². The third-order valence-electron chi connectivity index (χ3n) is 6.57. The summed E-state index contributed by atoms with van der Waals surface area (Å²) in [7, 11) is 0. The monoisotopic (exact) mass is 443 g/mol. The van der Waals surface area contributed by atoms with Crippen molar-refractivity contribution in [3.05, 3.63) is 127 Å². The predicted molar refractivity (Wildman–Crippen MR) is 144 cm³/mol. The van der Waals surface area contributed by atoms with Gasteiger partial charge >= 0.3 is 0 Å². The molecule has 1 N–H and O–H groups in total. The largest absolute Gasteiger partial charge is 0.356 e. The summed E-state index contributed by atoms with van der Waals surface area (Å²) in [5.41, 5.74) is 6.11. The molecule has 4 aromatic carbocycles. The molecule has 1 aliphatic carbocycles. The van der Waals surface area contributed by atoms with Crippen molar-refractivity contribution in [2.45, 2.75) is 12.8 Å². The van der Waals surface area contributed by atoms with Crippen LogP contribution in [0.2, 0.25) is 0 Å². The molecule has 0 aliphatic heterocycles. The Hall–Kier alpha value is -3.62. The molecule has 1 nitrogen and oxygen atoms in total. The number of hydrogen-bond acceptors (Lipinski definition) is 2. The fraction of sp³-hybridized carbons (Fsp3) is 0.0968. The summed E-state index contributed by atoms with van der Waals surface area (Å²) in [4.78, 5) is 0. The van der Waals surface area contributed by atoms with Gasteiger partial charge in [-0.3, -0.25) is 0 Å². The van der Waals surface area contributed by atoms with E-state index in [9.17, 15) is 0 Å². The van der Waals surface area contributed by atoms with E-state index in [-0.39, 0.29) is 0 Å². The third-order valence-corrected chi connectivity index (χ3v) is 7.72. The van der Waals surface area contributed by atoms with Crippen molar-refractivity contribution in [2.24, 2.45) is 5.92 Å². The fourth-order valence-electron chi connectivity index (χ4n) is 4.75. The molecule has 0 amide bonds. The highest BCUT2D eigenvalue weighted by Gasteiger charge is 2.20. The number of allylic oxidation sites excluding steroid dienone is 3. The molecule has 1 heterocycles. The average molecular weight is 444 g/mol. The van der Waals surface area contributed by atoms with Crippen molar-refractivity contribution in [3.8, 4) is 11.1 Å². The van der Waals surface area contributed by atoms with Crippen LogP contribution in [0.3, 0.4) is 0 Å². The normalized spacial score (nSPS) is 17.9. The van der Waals surface area contributed by atoms with Crippen LogP contribution in [0.15, 0.2) is 121 Å². The van der Waals surface area contributed by atoms with Crippen LogP contribution in [0.4, 0.5) is 5.69 Å². The van der Waals surface area contributed by atoms with Gasteiger partial charge in [0, 0.05) is 37.5 Å². The van der Waals surface area contributed by atoms with Crippen LogP contribution < -0.4 is 5.32 Å². The van der Waals surface area contributed by atoms with Gasteiger partial charge in [0.25, 0.3) is 0 Å². The summed E-state index contributed by atoms with van der Waals surface area (Å²) in [5.74, 6) is 0.808.